The minimum absolute atomic E-state index is 0.126. The van der Waals surface area contributed by atoms with Gasteiger partial charge in [0, 0.05) is 13.5 Å². The lowest BCUT2D eigenvalue weighted by atomic mass is 9.81. The number of aliphatic hydroxyl groups excluding tert-OH is 1. The van der Waals surface area contributed by atoms with Crippen molar-refractivity contribution < 1.29 is 24.1 Å². The highest BCUT2D eigenvalue weighted by Crippen LogP contribution is 2.44. The van der Waals surface area contributed by atoms with E-state index in [4.69, 9.17) is 14.2 Å². The fourth-order valence-corrected chi connectivity index (χ4v) is 3.42. The maximum absolute atomic E-state index is 11.4. The molecule has 3 fully saturated rings. The van der Waals surface area contributed by atoms with Crippen LogP contribution in [0.2, 0.25) is 0 Å². The highest BCUT2D eigenvalue weighted by molar-refractivity contribution is 5.73. The first-order valence-corrected chi connectivity index (χ1v) is 7.02. The largest absolute Gasteiger partial charge is 0.393 e. The molecule has 3 aliphatic rings. The normalized spacial score (nSPS) is 45.8. The number of aliphatic hydroxyl groups is 1. The molecule has 3 aliphatic heterocycles. The Balaban J connectivity index is 1.94. The van der Waals surface area contributed by atoms with Crippen molar-refractivity contribution >= 4 is 5.91 Å². The number of ether oxygens (including phenoxy) is 3. The van der Waals surface area contributed by atoms with E-state index in [0.717, 1.165) is 0 Å². The van der Waals surface area contributed by atoms with Gasteiger partial charge in [-0.2, -0.15) is 0 Å². The third-order valence-corrected chi connectivity index (χ3v) is 4.22. The van der Waals surface area contributed by atoms with Crippen LogP contribution >= 0.6 is 0 Å². The molecule has 0 aromatic carbocycles. The summed E-state index contributed by atoms with van der Waals surface area (Å²) in [7, 11) is 0. The number of rotatable bonds is 2. The van der Waals surface area contributed by atoms with Crippen molar-refractivity contribution in [2.24, 2.45) is 0 Å². The maximum atomic E-state index is 11.4. The van der Waals surface area contributed by atoms with Crippen molar-refractivity contribution in [3.05, 3.63) is 0 Å². The lowest BCUT2D eigenvalue weighted by Crippen LogP contribution is -2.74. The predicted octanol–water partition coefficient (Wildman–Crippen LogP) is -0.908. The Kier molecular flexibility index (Phi) is 3.30. The molecular formula is C13H22N2O5. The molecule has 5 atom stereocenters. The molecule has 20 heavy (non-hydrogen) atoms. The summed E-state index contributed by atoms with van der Waals surface area (Å²) in [5, 5.41) is 15.9. The van der Waals surface area contributed by atoms with Crippen LogP contribution in [-0.4, -0.2) is 60.0 Å². The van der Waals surface area contributed by atoms with Crippen molar-refractivity contribution in [2.45, 2.75) is 63.1 Å². The SMILES string of the molecule is CC(=O)N[C@H]1C2NCC[C@](CO)(O2)[C@@H]2OC(C)(C)O[C@@H]21. The van der Waals surface area contributed by atoms with Crippen molar-refractivity contribution in [2.75, 3.05) is 13.2 Å². The second-order valence-electron chi connectivity index (χ2n) is 6.21. The summed E-state index contributed by atoms with van der Waals surface area (Å²) < 4.78 is 17.9. The molecule has 2 bridgehead atoms. The summed E-state index contributed by atoms with van der Waals surface area (Å²) in [6, 6.07) is -0.334. The second kappa shape index (κ2) is 4.64. The van der Waals surface area contributed by atoms with Crippen LogP contribution < -0.4 is 10.6 Å². The van der Waals surface area contributed by atoms with E-state index >= 15 is 0 Å². The standard InChI is InChI=1S/C13H22N2O5/c1-7(17)15-8-9-10(19-12(2,3)18-9)13(6-16)4-5-14-11(8)20-13/h8-11,14,16H,4-6H2,1-3H3,(H,15,17)/t8-,9-,10-,11?,13-/m1/s1. The van der Waals surface area contributed by atoms with E-state index in [-0.39, 0.29) is 30.9 Å². The number of nitrogens with one attached hydrogen (secondary N) is 2. The van der Waals surface area contributed by atoms with Gasteiger partial charge in [0.2, 0.25) is 5.91 Å². The van der Waals surface area contributed by atoms with E-state index in [0.29, 0.717) is 13.0 Å². The topological polar surface area (TPSA) is 89.1 Å². The van der Waals surface area contributed by atoms with Gasteiger partial charge in [-0.05, 0) is 20.3 Å². The zero-order chi connectivity index (χ0) is 14.5. The average molecular weight is 286 g/mol. The number of amides is 1. The van der Waals surface area contributed by atoms with Crippen LogP contribution in [0.15, 0.2) is 0 Å². The van der Waals surface area contributed by atoms with Gasteiger partial charge in [-0.3, -0.25) is 10.1 Å². The molecule has 3 N–H and O–H groups in total. The van der Waals surface area contributed by atoms with Gasteiger partial charge in [0.25, 0.3) is 0 Å². The van der Waals surface area contributed by atoms with Gasteiger partial charge in [0.15, 0.2) is 5.79 Å². The van der Waals surface area contributed by atoms with Gasteiger partial charge < -0.3 is 24.6 Å². The van der Waals surface area contributed by atoms with Crippen LogP contribution in [0, 0.1) is 0 Å². The molecule has 0 aromatic heterocycles. The average Bonchev–Trinajstić information content (AvgIpc) is 2.71. The molecule has 3 rings (SSSR count). The molecule has 0 saturated carbocycles. The molecule has 0 radical (unpaired) electrons. The Bertz CT molecular complexity index is 416. The molecule has 1 unspecified atom stereocenters. The molecule has 3 saturated heterocycles. The molecule has 7 heteroatoms. The Morgan fingerprint density at radius 2 is 2.15 bits per heavy atom. The number of carbonyl (C=O) groups is 1. The second-order valence-corrected chi connectivity index (χ2v) is 6.21. The Labute approximate surface area is 117 Å². The number of hydrogen-bond acceptors (Lipinski definition) is 6. The quantitative estimate of drug-likeness (QED) is 0.609. The molecule has 7 nitrogen and oxygen atoms in total. The summed E-state index contributed by atoms with van der Waals surface area (Å²) >= 11 is 0. The van der Waals surface area contributed by atoms with E-state index < -0.39 is 17.5 Å². The number of hydrogen-bond donors (Lipinski definition) is 3. The van der Waals surface area contributed by atoms with Gasteiger partial charge in [-0.1, -0.05) is 0 Å². The molecule has 3 heterocycles. The summed E-state index contributed by atoms with van der Waals surface area (Å²) in [6.07, 6.45) is -0.461. The van der Waals surface area contributed by atoms with Crippen LogP contribution in [0.25, 0.3) is 0 Å². The number of fused-ring (bicyclic) bond motifs is 4. The molecule has 0 aliphatic carbocycles. The molecule has 0 aromatic rings. The Morgan fingerprint density at radius 3 is 2.80 bits per heavy atom. The third kappa shape index (κ3) is 2.14. The summed E-state index contributed by atoms with van der Waals surface area (Å²) in [4.78, 5) is 11.4. The molecule has 0 spiro atoms. The monoisotopic (exact) mass is 286 g/mol. The molecule has 1 amide bonds. The van der Waals surface area contributed by atoms with Crippen LogP contribution in [0.1, 0.15) is 27.2 Å². The first-order valence-electron chi connectivity index (χ1n) is 7.02. The van der Waals surface area contributed by atoms with E-state index in [2.05, 4.69) is 10.6 Å². The van der Waals surface area contributed by atoms with E-state index in [9.17, 15) is 9.90 Å². The van der Waals surface area contributed by atoms with E-state index in [1.54, 1.807) is 0 Å². The van der Waals surface area contributed by atoms with E-state index in [1.807, 2.05) is 13.8 Å². The highest BCUT2D eigenvalue weighted by atomic mass is 16.8. The van der Waals surface area contributed by atoms with Gasteiger partial charge in [-0.15, -0.1) is 0 Å². The van der Waals surface area contributed by atoms with Gasteiger partial charge >= 0.3 is 0 Å². The zero-order valence-corrected chi connectivity index (χ0v) is 12.0. The first-order chi connectivity index (χ1) is 9.37. The van der Waals surface area contributed by atoms with Gasteiger partial charge in [0.05, 0.1) is 12.6 Å². The number of carbonyl (C=O) groups excluding carboxylic acids is 1. The summed E-state index contributed by atoms with van der Waals surface area (Å²) in [5.74, 6) is -0.899. The van der Waals surface area contributed by atoms with Crippen LogP contribution in [0.5, 0.6) is 0 Å². The molecular weight excluding hydrogens is 264 g/mol. The van der Waals surface area contributed by atoms with Crippen LogP contribution in [0.3, 0.4) is 0 Å². The molecule has 114 valence electrons. The summed E-state index contributed by atoms with van der Waals surface area (Å²) in [5.41, 5.74) is -0.761. The van der Waals surface area contributed by atoms with Crippen LogP contribution in [-0.2, 0) is 19.0 Å². The third-order valence-electron chi connectivity index (χ3n) is 4.22. The fraction of sp³-hybridized carbons (Fsp3) is 0.923. The Morgan fingerprint density at radius 1 is 1.40 bits per heavy atom. The van der Waals surface area contributed by atoms with Crippen molar-refractivity contribution in [1.29, 1.82) is 0 Å². The van der Waals surface area contributed by atoms with Crippen molar-refractivity contribution in [3.63, 3.8) is 0 Å². The lowest BCUT2D eigenvalue weighted by molar-refractivity contribution is -0.253. The van der Waals surface area contributed by atoms with Gasteiger partial charge in [0.1, 0.15) is 24.0 Å². The van der Waals surface area contributed by atoms with Crippen molar-refractivity contribution in [3.8, 4) is 0 Å². The lowest BCUT2D eigenvalue weighted by Gasteiger charge is -2.52. The van der Waals surface area contributed by atoms with Crippen molar-refractivity contribution in [1.82, 2.24) is 10.6 Å². The van der Waals surface area contributed by atoms with Crippen LogP contribution in [0.4, 0.5) is 0 Å². The fourth-order valence-electron chi connectivity index (χ4n) is 3.42. The zero-order valence-electron chi connectivity index (χ0n) is 12.0. The highest BCUT2D eigenvalue weighted by Gasteiger charge is 2.63. The van der Waals surface area contributed by atoms with E-state index in [1.165, 1.54) is 6.92 Å². The van der Waals surface area contributed by atoms with Gasteiger partial charge in [-0.25, -0.2) is 0 Å². The minimum atomic E-state index is -0.761. The predicted molar refractivity (Wildman–Crippen MR) is 68.7 cm³/mol. The maximum Gasteiger partial charge on any atom is 0.217 e. The Hall–Kier alpha value is -0.730. The minimum Gasteiger partial charge on any atom is -0.393 e. The smallest absolute Gasteiger partial charge is 0.217 e. The first kappa shape index (κ1) is 14.2. The summed E-state index contributed by atoms with van der Waals surface area (Å²) in [6.45, 7) is 5.71.